The normalized spacial score (nSPS) is 11.0. The number of aromatic amines is 1. The van der Waals surface area contributed by atoms with Gasteiger partial charge in [-0.25, -0.2) is 9.37 Å². The minimum atomic E-state index is -0.381. The second kappa shape index (κ2) is 4.10. The number of hydrogen-bond donors (Lipinski definition) is 2. The molecule has 3 nitrogen and oxygen atoms in total. The van der Waals surface area contributed by atoms with E-state index in [2.05, 4.69) is 25.9 Å². The summed E-state index contributed by atoms with van der Waals surface area (Å²) in [5, 5.41) is 0. The molecule has 0 aliphatic carbocycles. The number of anilines is 1. The molecule has 0 unspecified atom stereocenters. The van der Waals surface area contributed by atoms with Crippen LogP contribution in [-0.4, -0.2) is 9.97 Å². The number of nitrogen functional groups attached to an aromatic ring is 1. The molecule has 3 N–H and O–H groups in total. The molecule has 1 heterocycles. The summed E-state index contributed by atoms with van der Waals surface area (Å²) in [6, 6.07) is 10.2. The lowest BCUT2D eigenvalue weighted by molar-refractivity contribution is 0.631. The number of nitrogens with zero attached hydrogens (tertiary/aromatic N) is 1. The quantitative estimate of drug-likeness (QED) is 0.673. The average molecular weight is 306 g/mol. The summed E-state index contributed by atoms with van der Waals surface area (Å²) in [5.41, 5.74) is 8.08. The Balaban J connectivity index is 2.26. The van der Waals surface area contributed by atoms with Gasteiger partial charge in [0, 0.05) is 10.2 Å². The summed E-state index contributed by atoms with van der Waals surface area (Å²) in [5.74, 6) is 0.0619. The second-order valence-electron chi connectivity index (χ2n) is 3.95. The fraction of sp³-hybridized carbons (Fsp3) is 0. The number of benzene rings is 2. The fourth-order valence-corrected chi connectivity index (χ4v) is 2.25. The summed E-state index contributed by atoms with van der Waals surface area (Å²) in [6.07, 6.45) is 0. The highest BCUT2D eigenvalue weighted by molar-refractivity contribution is 9.10. The van der Waals surface area contributed by atoms with Crippen molar-refractivity contribution < 1.29 is 4.39 Å². The highest BCUT2D eigenvalue weighted by Crippen LogP contribution is 2.29. The number of fused-ring (bicyclic) bond motifs is 1. The predicted molar refractivity (Wildman–Crippen MR) is 73.6 cm³/mol. The van der Waals surface area contributed by atoms with Gasteiger partial charge in [0.05, 0.1) is 16.6 Å². The lowest BCUT2D eigenvalue weighted by Crippen LogP contribution is -1.94. The summed E-state index contributed by atoms with van der Waals surface area (Å²) in [7, 11) is 0. The Labute approximate surface area is 111 Å². The molecule has 0 bridgehead atoms. The van der Waals surface area contributed by atoms with E-state index in [1.165, 1.54) is 6.07 Å². The highest BCUT2D eigenvalue weighted by atomic mass is 79.9. The van der Waals surface area contributed by atoms with Crippen LogP contribution in [0.2, 0.25) is 0 Å². The Hall–Kier alpha value is -1.88. The van der Waals surface area contributed by atoms with Crippen LogP contribution in [0.1, 0.15) is 0 Å². The van der Waals surface area contributed by atoms with Gasteiger partial charge in [0.2, 0.25) is 0 Å². The molecule has 0 aliphatic heterocycles. The number of nitrogens with one attached hydrogen (secondary N) is 1. The fourth-order valence-electron chi connectivity index (χ4n) is 1.89. The SMILES string of the molecule is Nc1cccc(F)c1-c1nc2ccc(Br)cc2[nH]1. The molecule has 0 amide bonds. The lowest BCUT2D eigenvalue weighted by atomic mass is 10.1. The van der Waals surface area contributed by atoms with E-state index in [4.69, 9.17) is 5.73 Å². The maximum Gasteiger partial charge on any atom is 0.143 e. The van der Waals surface area contributed by atoms with Gasteiger partial charge in [0.15, 0.2) is 0 Å². The highest BCUT2D eigenvalue weighted by Gasteiger charge is 2.13. The molecule has 90 valence electrons. The van der Waals surface area contributed by atoms with Gasteiger partial charge in [0.1, 0.15) is 11.6 Å². The van der Waals surface area contributed by atoms with Gasteiger partial charge < -0.3 is 10.7 Å². The number of aromatic nitrogens is 2. The first kappa shape index (κ1) is 11.2. The minimum absolute atomic E-state index is 0.310. The van der Waals surface area contributed by atoms with Crippen LogP contribution in [0.25, 0.3) is 22.4 Å². The third-order valence-electron chi connectivity index (χ3n) is 2.73. The molecule has 0 atom stereocenters. The van der Waals surface area contributed by atoms with E-state index in [9.17, 15) is 4.39 Å². The molecule has 0 radical (unpaired) electrons. The van der Waals surface area contributed by atoms with E-state index < -0.39 is 0 Å². The van der Waals surface area contributed by atoms with Crippen LogP contribution < -0.4 is 5.73 Å². The first-order chi connectivity index (χ1) is 8.65. The van der Waals surface area contributed by atoms with Gasteiger partial charge in [-0.05, 0) is 30.3 Å². The van der Waals surface area contributed by atoms with Crippen LogP contribution in [0.3, 0.4) is 0 Å². The maximum atomic E-state index is 13.8. The molecule has 0 saturated heterocycles. The molecular formula is C13H9BrFN3. The molecule has 3 rings (SSSR count). The molecule has 3 aromatic rings. The van der Waals surface area contributed by atoms with Crippen LogP contribution in [-0.2, 0) is 0 Å². The van der Waals surface area contributed by atoms with Gasteiger partial charge in [-0.2, -0.15) is 0 Å². The van der Waals surface area contributed by atoms with Gasteiger partial charge in [-0.15, -0.1) is 0 Å². The third kappa shape index (κ3) is 1.76. The zero-order valence-electron chi connectivity index (χ0n) is 9.24. The molecule has 0 saturated carbocycles. The van der Waals surface area contributed by atoms with E-state index in [1.54, 1.807) is 12.1 Å². The van der Waals surface area contributed by atoms with Crippen molar-refractivity contribution in [1.82, 2.24) is 9.97 Å². The van der Waals surface area contributed by atoms with Gasteiger partial charge in [-0.1, -0.05) is 22.0 Å². The predicted octanol–water partition coefficient (Wildman–Crippen LogP) is 3.71. The average Bonchev–Trinajstić information content (AvgIpc) is 2.71. The van der Waals surface area contributed by atoms with Crippen LogP contribution in [0.15, 0.2) is 40.9 Å². The van der Waals surface area contributed by atoms with Crippen LogP contribution in [0, 0.1) is 5.82 Å². The summed E-state index contributed by atoms with van der Waals surface area (Å²) < 4.78 is 14.7. The third-order valence-corrected chi connectivity index (χ3v) is 3.22. The van der Waals surface area contributed by atoms with Crippen molar-refractivity contribution in [3.8, 4) is 11.4 Å². The van der Waals surface area contributed by atoms with E-state index in [-0.39, 0.29) is 5.82 Å². The standard InChI is InChI=1S/C13H9BrFN3/c14-7-4-5-10-11(6-7)18-13(17-10)12-8(15)2-1-3-9(12)16/h1-6H,16H2,(H,17,18). The number of imidazole rings is 1. The maximum absolute atomic E-state index is 13.8. The van der Waals surface area contributed by atoms with Crippen LogP contribution in [0.5, 0.6) is 0 Å². The number of halogens is 2. The summed E-state index contributed by atoms with van der Waals surface area (Å²) >= 11 is 3.38. The Bertz CT molecular complexity index is 716. The Kier molecular flexibility index (Phi) is 2.56. The molecular weight excluding hydrogens is 297 g/mol. The van der Waals surface area contributed by atoms with Crippen molar-refractivity contribution in [3.05, 3.63) is 46.7 Å². The Morgan fingerprint density at radius 2 is 2.06 bits per heavy atom. The molecule has 0 aliphatic rings. The lowest BCUT2D eigenvalue weighted by Gasteiger charge is -2.02. The summed E-state index contributed by atoms with van der Waals surface area (Å²) in [4.78, 5) is 7.42. The van der Waals surface area contributed by atoms with E-state index >= 15 is 0 Å². The Morgan fingerprint density at radius 3 is 2.83 bits per heavy atom. The van der Waals surface area contributed by atoms with Crippen LogP contribution >= 0.6 is 15.9 Å². The first-order valence-corrected chi connectivity index (χ1v) is 6.14. The summed E-state index contributed by atoms with van der Waals surface area (Å²) in [6.45, 7) is 0. The van der Waals surface area contributed by atoms with Crippen molar-refractivity contribution in [2.45, 2.75) is 0 Å². The smallest absolute Gasteiger partial charge is 0.143 e. The Morgan fingerprint density at radius 1 is 1.22 bits per heavy atom. The van der Waals surface area contributed by atoms with Crippen molar-refractivity contribution in [3.63, 3.8) is 0 Å². The second-order valence-corrected chi connectivity index (χ2v) is 4.87. The first-order valence-electron chi connectivity index (χ1n) is 5.35. The molecule has 0 spiro atoms. The molecule has 1 aromatic heterocycles. The van der Waals surface area contributed by atoms with Gasteiger partial charge in [-0.3, -0.25) is 0 Å². The topological polar surface area (TPSA) is 54.7 Å². The van der Waals surface area contributed by atoms with Crippen molar-refractivity contribution in [2.75, 3.05) is 5.73 Å². The van der Waals surface area contributed by atoms with Crippen molar-refractivity contribution in [1.29, 1.82) is 0 Å². The zero-order valence-corrected chi connectivity index (χ0v) is 10.8. The van der Waals surface area contributed by atoms with Crippen molar-refractivity contribution in [2.24, 2.45) is 0 Å². The minimum Gasteiger partial charge on any atom is -0.398 e. The van der Waals surface area contributed by atoms with Crippen molar-refractivity contribution >= 4 is 32.7 Å². The monoisotopic (exact) mass is 305 g/mol. The van der Waals surface area contributed by atoms with E-state index in [0.29, 0.717) is 17.1 Å². The molecule has 18 heavy (non-hydrogen) atoms. The number of nitrogens with two attached hydrogens (primary N) is 1. The van der Waals surface area contributed by atoms with E-state index in [1.807, 2.05) is 18.2 Å². The van der Waals surface area contributed by atoms with Gasteiger partial charge >= 0.3 is 0 Å². The number of rotatable bonds is 1. The largest absolute Gasteiger partial charge is 0.398 e. The molecule has 0 fully saturated rings. The zero-order chi connectivity index (χ0) is 12.7. The molecule has 2 aromatic carbocycles. The van der Waals surface area contributed by atoms with Gasteiger partial charge in [0.25, 0.3) is 0 Å². The number of H-pyrrole nitrogens is 1. The molecule has 5 heteroatoms. The van der Waals surface area contributed by atoms with E-state index in [0.717, 1.165) is 15.5 Å². The van der Waals surface area contributed by atoms with Crippen LogP contribution in [0.4, 0.5) is 10.1 Å². The number of hydrogen-bond acceptors (Lipinski definition) is 2.